The number of carbonyl (C=O) groups excluding carboxylic acids is 1. The van der Waals surface area contributed by atoms with Crippen LogP contribution in [0.3, 0.4) is 0 Å². The van der Waals surface area contributed by atoms with Gasteiger partial charge in [0, 0.05) is 6.42 Å². The molecule has 4 aliphatic rings. The van der Waals surface area contributed by atoms with Crippen LogP contribution in [-0.2, 0) is 4.79 Å². The Hall–Kier alpha value is -1.36. The fourth-order valence-electron chi connectivity index (χ4n) is 7.13. The normalized spacial score (nSPS) is 47.0. The summed E-state index contributed by atoms with van der Waals surface area (Å²) in [6.45, 7) is 6.34. The Morgan fingerprint density at radius 3 is 2.83 bits per heavy atom. The number of hydrogen-bond acceptors (Lipinski definition) is 2. The molecule has 24 heavy (non-hydrogen) atoms. The molecule has 0 aromatic rings. The van der Waals surface area contributed by atoms with Gasteiger partial charge in [-0.25, -0.2) is 0 Å². The highest BCUT2D eigenvalue weighted by atomic mass is 16.1. The second kappa shape index (κ2) is 5.58. The minimum atomic E-state index is -0.191. The fraction of sp³-hybridized carbons (Fsp3) is 0.727. The van der Waals surface area contributed by atoms with Crippen LogP contribution in [0.1, 0.15) is 64.7 Å². The molecular weight excluding hydrogens is 294 g/mol. The summed E-state index contributed by atoms with van der Waals surface area (Å²) >= 11 is 0. The first-order valence-electron chi connectivity index (χ1n) is 9.80. The third kappa shape index (κ3) is 2.03. The lowest BCUT2D eigenvalue weighted by atomic mass is 9.48. The lowest BCUT2D eigenvalue weighted by molar-refractivity contribution is -0.116. The number of hydrogen-bond donors (Lipinski definition) is 0. The Labute approximate surface area is 146 Å². The van der Waals surface area contributed by atoms with Crippen LogP contribution in [0.25, 0.3) is 0 Å². The quantitative estimate of drug-likeness (QED) is 0.654. The van der Waals surface area contributed by atoms with Crippen LogP contribution < -0.4 is 0 Å². The molecule has 0 aromatic carbocycles. The van der Waals surface area contributed by atoms with Gasteiger partial charge < -0.3 is 0 Å². The van der Waals surface area contributed by atoms with Crippen molar-refractivity contribution < 1.29 is 4.79 Å². The van der Waals surface area contributed by atoms with Crippen LogP contribution in [0.4, 0.5) is 0 Å². The number of rotatable bonds is 2. The van der Waals surface area contributed by atoms with Crippen LogP contribution in [-0.4, -0.2) is 5.78 Å². The summed E-state index contributed by atoms with van der Waals surface area (Å²) in [5.74, 6) is 3.21. The monoisotopic (exact) mass is 323 g/mol. The maximum absolute atomic E-state index is 11.8. The van der Waals surface area contributed by atoms with Gasteiger partial charge in [-0.3, -0.25) is 4.79 Å². The predicted octanol–water partition coefficient (Wildman–Crippen LogP) is 5.21. The lowest BCUT2D eigenvalue weighted by Crippen LogP contribution is -2.49. The van der Waals surface area contributed by atoms with Crippen molar-refractivity contribution in [3.63, 3.8) is 0 Å². The smallest absolute Gasteiger partial charge is 0.155 e. The van der Waals surface area contributed by atoms with E-state index in [0.29, 0.717) is 17.6 Å². The Morgan fingerprint density at radius 2 is 2.08 bits per heavy atom. The molecule has 6 atom stereocenters. The van der Waals surface area contributed by atoms with E-state index >= 15 is 0 Å². The summed E-state index contributed by atoms with van der Waals surface area (Å²) in [6, 6.07) is 2.75. The average Bonchev–Trinajstić information content (AvgIpc) is 2.88. The second-order valence-electron chi connectivity index (χ2n) is 8.99. The summed E-state index contributed by atoms with van der Waals surface area (Å²) < 4.78 is 0. The zero-order valence-electron chi connectivity index (χ0n) is 14.9. The standard InChI is InChI=1S/C22H29NO/c1-3-10-22(14-23)12-9-20-19-6-4-15-13-16(24)5-7-17(15)18(19)8-11-21(20,22)2/h3,13,17-20H,1,4-12H2,2H3. The molecule has 0 spiro atoms. The minimum absolute atomic E-state index is 0.156. The summed E-state index contributed by atoms with van der Waals surface area (Å²) in [6.07, 6.45) is 13.6. The van der Waals surface area contributed by atoms with E-state index in [-0.39, 0.29) is 10.8 Å². The van der Waals surface area contributed by atoms with E-state index in [4.69, 9.17) is 0 Å². The molecule has 0 saturated heterocycles. The molecule has 3 saturated carbocycles. The van der Waals surface area contributed by atoms with Gasteiger partial charge in [0.25, 0.3) is 0 Å². The van der Waals surface area contributed by atoms with Crippen LogP contribution in [0, 0.1) is 45.8 Å². The van der Waals surface area contributed by atoms with Crippen LogP contribution >= 0.6 is 0 Å². The zero-order valence-corrected chi connectivity index (χ0v) is 14.9. The Kier molecular flexibility index (Phi) is 3.75. The summed E-state index contributed by atoms with van der Waals surface area (Å²) in [4.78, 5) is 11.8. The van der Waals surface area contributed by atoms with E-state index in [1.807, 2.05) is 12.2 Å². The largest absolute Gasteiger partial charge is 0.295 e. The third-order valence-corrected chi connectivity index (χ3v) is 8.37. The van der Waals surface area contributed by atoms with Crippen molar-refractivity contribution in [2.45, 2.75) is 64.7 Å². The molecule has 0 N–H and O–H groups in total. The summed E-state index contributed by atoms with van der Waals surface area (Å²) in [5, 5.41) is 10.0. The van der Waals surface area contributed by atoms with Crippen molar-refractivity contribution in [2.75, 3.05) is 0 Å². The molecule has 0 amide bonds. The van der Waals surface area contributed by atoms with Gasteiger partial charge in [0.05, 0.1) is 11.5 Å². The highest BCUT2D eigenvalue weighted by Crippen LogP contribution is 2.68. The minimum Gasteiger partial charge on any atom is -0.295 e. The van der Waals surface area contributed by atoms with Crippen molar-refractivity contribution in [3.8, 4) is 6.07 Å². The van der Waals surface area contributed by atoms with E-state index in [1.54, 1.807) is 0 Å². The number of ketones is 1. The Morgan fingerprint density at radius 1 is 1.25 bits per heavy atom. The van der Waals surface area contributed by atoms with E-state index in [1.165, 1.54) is 31.3 Å². The van der Waals surface area contributed by atoms with Crippen LogP contribution in [0.5, 0.6) is 0 Å². The van der Waals surface area contributed by atoms with Gasteiger partial charge in [0.15, 0.2) is 5.78 Å². The van der Waals surface area contributed by atoms with Crippen molar-refractivity contribution >= 4 is 5.78 Å². The van der Waals surface area contributed by atoms with Crippen molar-refractivity contribution in [1.29, 1.82) is 5.26 Å². The van der Waals surface area contributed by atoms with E-state index in [9.17, 15) is 10.1 Å². The number of allylic oxidation sites excluding steroid dienone is 2. The van der Waals surface area contributed by atoms with Gasteiger partial charge >= 0.3 is 0 Å². The molecule has 0 aliphatic heterocycles. The molecule has 4 aliphatic carbocycles. The highest BCUT2D eigenvalue weighted by Gasteiger charge is 2.62. The fourth-order valence-corrected chi connectivity index (χ4v) is 7.13. The molecule has 128 valence electrons. The zero-order chi connectivity index (χ0) is 16.9. The molecule has 2 nitrogen and oxygen atoms in total. The van der Waals surface area contributed by atoms with Gasteiger partial charge in [0.2, 0.25) is 0 Å². The Balaban J connectivity index is 1.65. The number of carbonyl (C=O) groups is 1. The summed E-state index contributed by atoms with van der Waals surface area (Å²) in [5.41, 5.74) is 1.41. The predicted molar refractivity (Wildman–Crippen MR) is 95.0 cm³/mol. The third-order valence-electron chi connectivity index (χ3n) is 8.37. The molecular formula is C22H29NO. The SMILES string of the molecule is C=CCC1(C#N)CCC2C3CCC4=CC(=O)CCC4C3CCC21C. The van der Waals surface area contributed by atoms with Gasteiger partial charge in [-0.1, -0.05) is 18.6 Å². The summed E-state index contributed by atoms with van der Waals surface area (Å²) in [7, 11) is 0. The maximum Gasteiger partial charge on any atom is 0.155 e. The van der Waals surface area contributed by atoms with E-state index < -0.39 is 0 Å². The molecule has 2 heteroatoms. The molecule has 3 fully saturated rings. The first-order chi connectivity index (χ1) is 11.5. The molecule has 0 aromatic heterocycles. The highest BCUT2D eigenvalue weighted by molar-refractivity contribution is 5.91. The van der Waals surface area contributed by atoms with Crippen molar-refractivity contribution in [1.82, 2.24) is 0 Å². The lowest BCUT2D eigenvalue weighted by Gasteiger charge is -2.55. The molecule has 0 radical (unpaired) electrons. The van der Waals surface area contributed by atoms with Crippen LogP contribution in [0.15, 0.2) is 24.3 Å². The molecule has 4 rings (SSSR count). The van der Waals surface area contributed by atoms with E-state index in [0.717, 1.165) is 43.9 Å². The van der Waals surface area contributed by atoms with Gasteiger partial charge in [0.1, 0.15) is 0 Å². The Bertz CT molecular complexity index is 641. The first kappa shape index (κ1) is 16.1. The van der Waals surface area contributed by atoms with Crippen molar-refractivity contribution in [2.24, 2.45) is 34.5 Å². The second-order valence-corrected chi connectivity index (χ2v) is 8.99. The number of nitriles is 1. The maximum atomic E-state index is 11.8. The van der Waals surface area contributed by atoms with Gasteiger partial charge in [-0.2, -0.15) is 5.26 Å². The first-order valence-corrected chi connectivity index (χ1v) is 9.80. The average molecular weight is 323 g/mol. The number of fused-ring (bicyclic) bond motifs is 5. The molecule has 6 unspecified atom stereocenters. The van der Waals surface area contributed by atoms with Gasteiger partial charge in [-0.05, 0) is 86.5 Å². The van der Waals surface area contributed by atoms with Crippen LogP contribution in [0.2, 0.25) is 0 Å². The number of nitrogens with zero attached hydrogens (tertiary/aromatic N) is 1. The van der Waals surface area contributed by atoms with Crippen molar-refractivity contribution in [3.05, 3.63) is 24.3 Å². The topological polar surface area (TPSA) is 40.9 Å². The van der Waals surface area contributed by atoms with E-state index in [2.05, 4.69) is 19.6 Å². The molecule has 0 heterocycles. The molecule has 0 bridgehead atoms. The van der Waals surface area contributed by atoms with Gasteiger partial charge in [-0.15, -0.1) is 6.58 Å².